The van der Waals surface area contributed by atoms with Gasteiger partial charge < -0.3 is 19.9 Å². The van der Waals surface area contributed by atoms with Crippen molar-refractivity contribution < 1.29 is 24.2 Å². The zero-order chi connectivity index (χ0) is 14.7. The van der Waals surface area contributed by atoms with Gasteiger partial charge in [0.25, 0.3) is 0 Å². The minimum absolute atomic E-state index is 0.283. The number of rotatable bonds is 5. The first kappa shape index (κ1) is 15.8. The van der Waals surface area contributed by atoms with Crippen molar-refractivity contribution in [2.45, 2.75) is 52.2 Å². The van der Waals surface area contributed by atoms with Gasteiger partial charge in [-0.25, -0.2) is 4.79 Å². The van der Waals surface area contributed by atoms with E-state index in [4.69, 9.17) is 9.47 Å². The molecular formula is C13H23NO5. The van der Waals surface area contributed by atoms with E-state index >= 15 is 0 Å². The van der Waals surface area contributed by atoms with Crippen molar-refractivity contribution in [3.8, 4) is 0 Å². The van der Waals surface area contributed by atoms with Crippen molar-refractivity contribution in [3.05, 3.63) is 0 Å². The molecule has 6 nitrogen and oxygen atoms in total. The lowest BCUT2D eigenvalue weighted by molar-refractivity contribution is -0.151. The first-order valence-corrected chi connectivity index (χ1v) is 6.53. The van der Waals surface area contributed by atoms with Crippen LogP contribution in [0.5, 0.6) is 0 Å². The summed E-state index contributed by atoms with van der Waals surface area (Å²) in [4.78, 5) is 23.6. The second-order valence-corrected chi connectivity index (χ2v) is 5.76. The summed E-state index contributed by atoms with van der Waals surface area (Å²) in [5, 5.41) is 11.9. The van der Waals surface area contributed by atoms with E-state index in [0.717, 1.165) is 0 Å². The van der Waals surface area contributed by atoms with Crippen molar-refractivity contribution in [1.82, 2.24) is 5.32 Å². The fourth-order valence-electron chi connectivity index (χ4n) is 1.91. The Morgan fingerprint density at radius 3 is 2.32 bits per heavy atom. The molecule has 0 aromatic heterocycles. The maximum absolute atomic E-state index is 11.9. The second-order valence-electron chi connectivity index (χ2n) is 5.76. The fraction of sp³-hybridized carbons (Fsp3) is 0.846. The zero-order valence-corrected chi connectivity index (χ0v) is 12.0. The smallest absolute Gasteiger partial charge is 0.407 e. The summed E-state index contributed by atoms with van der Waals surface area (Å²) in [5.41, 5.74) is -1.41. The molecule has 0 heterocycles. The number of amides is 1. The first-order valence-electron chi connectivity index (χ1n) is 6.53. The van der Waals surface area contributed by atoms with Gasteiger partial charge in [-0.15, -0.1) is 0 Å². The predicted octanol–water partition coefficient (Wildman–Crippen LogP) is 1.22. The maximum atomic E-state index is 11.9. The lowest BCUT2D eigenvalue weighted by atomic mass is 9.97. The third kappa shape index (κ3) is 4.09. The molecule has 1 aliphatic carbocycles. The number of ether oxygens (including phenoxy) is 2. The van der Waals surface area contributed by atoms with Gasteiger partial charge in [-0.2, -0.15) is 0 Å². The summed E-state index contributed by atoms with van der Waals surface area (Å²) >= 11 is 0. The van der Waals surface area contributed by atoms with Gasteiger partial charge in [0.1, 0.15) is 5.60 Å². The van der Waals surface area contributed by atoms with Crippen LogP contribution < -0.4 is 5.32 Å². The molecule has 19 heavy (non-hydrogen) atoms. The quantitative estimate of drug-likeness (QED) is 0.736. The molecule has 0 aromatic carbocycles. The van der Waals surface area contributed by atoms with Crippen molar-refractivity contribution in [1.29, 1.82) is 0 Å². The van der Waals surface area contributed by atoms with E-state index in [2.05, 4.69) is 5.32 Å². The molecule has 1 fully saturated rings. The van der Waals surface area contributed by atoms with Crippen LogP contribution in [0.4, 0.5) is 4.79 Å². The molecule has 110 valence electrons. The Hall–Kier alpha value is -1.30. The number of hydrogen-bond donors (Lipinski definition) is 2. The van der Waals surface area contributed by atoms with E-state index in [1.807, 2.05) is 0 Å². The van der Waals surface area contributed by atoms with Crippen LogP contribution in [-0.2, 0) is 14.3 Å². The number of aliphatic hydroxyl groups is 1. The van der Waals surface area contributed by atoms with Crippen molar-refractivity contribution in [2.24, 2.45) is 5.41 Å². The highest BCUT2D eigenvalue weighted by molar-refractivity contribution is 5.82. The van der Waals surface area contributed by atoms with Crippen LogP contribution in [0.3, 0.4) is 0 Å². The molecule has 0 bridgehead atoms. The van der Waals surface area contributed by atoms with Crippen molar-refractivity contribution >= 4 is 12.1 Å². The number of carbonyl (C=O) groups excluding carboxylic acids is 2. The summed E-state index contributed by atoms with van der Waals surface area (Å²) in [7, 11) is 0. The molecule has 0 radical (unpaired) electrons. The van der Waals surface area contributed by atoms with Crippen LogP contribution >= 0.6 is 0 Å². The summed E-state index contributed by atoms with van der Waals surface area (Å²) < 4.78 is 10.1. The largest absolute Gasteiger partial charge is 0.466 e. The lowest BCUT2D eigenvalue weighted by Gasteiger charge is -2.26. The van der Waals surface area contributed by atoms with Crippen LogP contribution in [0.15, 0.2) is 0 Å². The lowest BCUT2D eigenvalue weighted by Crippen LogP contribution is -2.49. The Morgan fingerprint density at radius 2 is 1.95 bits per heavy atom. The highest BCUT2D eigenvalue weighted by Gasteiger charge is 2.57. The Balaban J connectivity index is 2.64. The van der Waals surface area contributed by atoms with Crippen molar-refractivity contribution in [2.75, 3.05) is 13.2 Å². The zero-order valence-electron chi connectivity index (χ0n) is 12.0. The second kappa shape index (κ2) is 5.77. The van der Waals surface area contributed by atoms with E-state index in [0.29, 0.717) is 12.8 Å². The first-order chi connectivity index (χ1) is 8.75. The van der Waals surface area contributed by atoms with E-state index in [-0.39, 0.29) is 19.2 Å². The molecule has 0 spiro atoms. The molecule has 1 rings (SSSR count). The Labute approximate surface area is 113 Å². The molecule has 6 heteroatoms. The number of nitrogens with one attached hydrogen (secondary N) is 1. The molecule has 0 aliphatic heterocycles. The third-order valence-electron chi connectivity index (χ3n) is 3.01. The van der Waals surface area contributed by atoms with E-state index in [9.17, 15) is 14.7 Å². The molecule has 1 unspecified atom stereocenters. The Kier molecular flexibility index (Phi) is 4.79. The number of esters is 1. The topological polar surface area (TPSA) is 84.9 Å². The van der Waals surface area contributed by atoms with Gasteiger partial charge in [-0.1, -0.05) is 0 Å². The van der Waals surface area contributed by atoms with Crippen molar-refractivity contribution in [3.63, 3.8) is 0 Å². The molecule has 0 aromatic rings. The number of carbonyl (C=O) groups is 2. The van der Waals surface area contributed by atoms with E-state index in [1.165, 1.54) is 0 Å². The summed E-state index contributed by atoms with van der Waals surface area (Å²) in [6, 6.07) is -0.665. The molecule has 1 saturated carbocycles. The minimum Gasteiger partial charge on any atom is -0.466 e. The average Bonchev–Trinajstić information content (AvgIpc) is 3.05. The van der Waals surface area contributed by atoms with Crippen LogP contribution in [0.1, 0.15) is 40.5 Å². The van der Waals surface area contributed by atoms with Gasteiger partial charge >= 0.3 is 12.1 Å². The molecule has 1 aliphatic rings. The summed E-state index contributed by atoms with van der Waals surface area (Å²) in [5.74, 6) is -0.370. The van der Waals surface area contributed by atoms with Crippen LogP contribution in [0.25, 0.3) is 0 Å². The normalized spacial score (nSPS) is 18.4. The number of aliphatic hydroxyl groups excluding tert-OH is 1. The summed E-state index contributed by atoms with van der Waals surface area (Å²) in [6.07, 6.45) is 0.571. The highest BCUT2D eigenvalue weighted by atomic mass is 16.6. The van der Waals surface area contributed by atoms with Gasteiger partial charge in [-0.3, -0.25) is 4.79 Å². The Morgan fingerprint density at radius 1 is 1.37 bits per heavy atom. The van der Waals surface area contributed by atoms with Crippen LogP contribution in [-0.4, -0.2) is 42.0 Å². The molecule has 2 N–H and O–H groups in total. The summed E-state index contributed by atoms with van der Waals surface area (Å²) in [6.45, 7) is 6.93. The standard InChI is InChI=1S/C13H23NO5/c1-5-18-10(16)13(6-7-13)9(8-15)14-11(17)19-12(2,3)4/h9,15H,5-8H2,1-4H3,(H,14,17). The molecule has 1 amide bonds. The number of hydrogen-bond acceptors (Lipinski definition) is 5. The molecule has 1 atom stereocenters. The molecular weight excluding hydrogens is 250 g/mol. The third-order valence-corrected chi connectivity index (χ3v) is 3.01. The van der Waals surface area contributed by atoms with Gasteiger partial charge in [-0.05, 0) is 40.5 Å². The minimum atomic E-state index is -0.790. The van der Waals surface area contributed by atoms with Gasteiger partial charge in [0.2, 0.25) is 0 Å². The Bertz CT molecular complexity index is 343. The monoisotopic (exact) mass is 273 g/mol. The fourth-order valence-corrected chi connectivity index (χ4v) is 1.91. The van der Waals surface area contributed by atoms with Gasteiger partial charge in [0, 0.05) is 0 Å². The SMILES string of the molecule is CCOC(=O)C1(C(CO)NC(=O)OC(C)(C)C)CC1. The van der Waals surface area contributed by atoms with Crippen LogP contribution in [0, 0.1) is 5.41 Å². The maximum Gasteiger partial charge on any atom is 0.407 e. The van der Waals surface area contributed by atoms with E-state index < -0.39 is 23.2 Å². The van der Waals surface area contributed by atoms with E-state index in [1.54, 1.807) is 27.7 Å². The average molecular weight is 273 g/mol. The number of alkyl carbamates (subject to hydrolysis) is 1. The predicted molar refractivity (Wildman–Crippen MR) is 68.5 cm³/mol. The van der Waals surface area contributed by atoms with Gasteiger partial charge in [0.15, 0.2) is 0 Å². The molecule has 0 saturated heterocycles. The van der Waals surface area contributed by atoms with Gasteiger partial charge in [0.05, 0.1) is 24.7 Å². The highest BCUT2D eigenvalue weighted by Crippen LogP contribution is 2.49. The van der Waals surface area contributed by atoms with Crippen LogP contribution in [0.2, 0.25) is 0 Å².